The van der Waals surface area contributed by atoms with Crippen LogP contribution in [0.2, 0.25) is 0 Å². The molecule has 138 valence electrons. The molecule has 2 aromatic carbocycles. The maximum Gasteiger partial charge on any atom is 0.279 e. The van der Waals surface area contributed by atoms with E-state index in [1.54, 1.807) is 31.2 Å². The van der Waals surface area contributed by atoms with Crippen LogP contribution in [0.25, 0.3) is 0 Å². The van der Waals surface area contributed by atoms with E-state index in [9.17, 15) is 14.0 Å². The van der Waals surface area contributed by atoms with E-state index in [0.29, 0.717) is 21.7 Å². The Labute approximate surface area is 164 Å². The van der Waals surface area contributed by atoms with Crippen LogP contribution in [0.4, 0.5) is 4.39 Å². The van der Waals surface area contributed by atoms with Crippen molar-refractivity contribution in [2.75, 3.05) is 6.61 Å². The number of halogens is 2. The molecule has 8 heteroatoms. The van der Waals surface area contributed by atoms with E-state index in [-0.39, 0.29) is 5.56 Å². The largest absolute Gasteiger partial charge is 0.494 e. The molecule has 2 aromatic rings. The Hall–Kier alpha value is -2.36. The van der Waals surface area contributed by atoms with Gasteiger partial charge in [0.1, 0.15) is 17.3 Å². The maximum atomic E-state index is 13.5. The van der Waals surface area contributed by atoms with E-state index in [1.165, 1.54) is 12.1 Å². The minimum atomic E-state index is -0.846. The third kappa shape index (κ3) is 5.58. The van der Waals surface area contributed by atoms with Gasteiger partial charge in [-0.25, -0.2) is 4.39 Å². The fourth-order valence-corrected chi connectivity index (χ4v) is 2.30. The normalized spacial score (nSPS) is 11.4. The van der Waals surface area contributed by atoms with Crippen molar-refractivity contribution in [3.63, 3.8) is 0 Å². The van der Waals surface area contributed by atoms with Crippen molar-refractivity contribution in [2.24, 2.45) is 0 Å². The van der Waals surface area contributed by atoms with Crippen LogP contribution in [0.1, 0.15) is 24.2 Å². The molecule has 0 bridgehead atoms. The van der Waals surface area contributed by atoms with E-state index in [1.807, 2.05) is 29.5 Å². The molecule has 2 N–H and O–H groups in total. The molecule has 0 heterocycles. The summed E-state index contributed by atoms with van der Waals surface area (Å²) in [6.07, 6.45) is -0.846. The zero-order valence-corrected chi connectivity index (χ0v) is 16.4. The second-order valence-corrected chi connectivity index (χ2v) is 6.40. The highest BCUT2D eigenvalue weighted by Gasteiger charge is 2.16. The van der Waals surface area contributed by atoms with E-state index in [0.717, 1.165) is 6.07 Å². The summed E-state index contributed by atoms with van der Waals surface area (Å²) in [7, 11) is 0. The average Bonchev–Trinajstić information content (AvgIpc) is 2.63. The summed E-state index contributed by atoms with van der Waals surface area (Å²) in [6, 6.07) is 10.9. The summed E-state index contributed by atoms with van der Waals surface area (Å²) in [4.78, 5) is 24.0. The highest BCUT2D eigenvalue weighted by atomic mass is 127. The third-order valence-electron chi connectivity index (χ3n) is 3.30. The SMILES string of the molecule is CCOc1ccc(OC(C)C(=O)NNC(=O)c2ccc(I)c(F)c2)cc1. The summed E-state index contributed by atoms with van der Waals surface area (Å²) >= 11 is 1.82. The molecule has 0 saturated heterocycles. The first-order chi connectivity index (χ1) is 12.4. The molecule has 0 aliphatic carbocycles. The Morgan fingerprint density at radius 2 is 1.77 bits per heavy atom. The molecule has 0 saturated carbocycles. The number of carbonyl (C=O) groups is 2. The number of benzene rings is 2. The molecule has 2 rings (SSSR count). The van der Waals surface area contributed by atoms with Gasteiger partial charge in [-0.05, 0) is 78.9 Å². The summed E-state index contributed by atoms with van der Waals surface area (Å²) in [6.45, 7) is 3.99. The van der Waals surface area contributed by atoms with Crippen molar-refractivity contribution in [3.8, 4) is 11.5 Å². The Bertz CT molecular complexity index is 783. The third-order valence-corrected chi connectivity index (χ3v) is 4.17. The highest BCUT2D eigenvalue weighted by Crippen LogP contribution is 2.18. The standard InChI is InChI=1S/C18H18FIN2O4/c1-3-25-13-5-7-14(8-6-13)26-11(2)17(23)21-22-18(24)12-4-9-16(20)15(19)10-12/h4-11H,3H2,1-2H3,(H,21,23)(H,22,24). The van der Waals surface area contributed by atoms with Gasteiger partial charge in [-0.15, -0.1) is 0 Å². The van der Waals surface area contributed by atoms with Crippen LogP contribution in [-0.4, -0.2) is 24.5 Å². The second kappa shape index (κ2) is 9.37. The van der Waals surface area contributed by atoms with Gasteiger partial charge in [0.05, 0.1) is 6.61 Å². The smallest absolute Gasteiger partial charge is 0.279 e. The second-order valence-electron chi connectivity index (χ2n) is 5.24. The van der Waals surface area contributed by atoms with Gasteiger partial charge in [0.25, 0.3) is 11.8 Å². The lowest BCUT2D eigenvalue weighted by Crippen LogP contribution is -2.47. The molecule has 6 nitrogen and oxygen atoms in total. The van der Waals surface area contributed by atoms with Crippen LogP contribution in [-0.2, 0) is 4.79 Å². The summed E-state index contributed by atoms with van der Waals surface area (Å²) in [5.74, 6) is -0.479. The van der Waals surface area contributed by atoms with Crippen LogP contribution in [0, 0.1) is 9.39 Å². The lowest BCUT2D eigenvalue weighted by atomic mass is 10.2. The van der Waals surface area contributed by atoms with Crippen LogP contribution >= 0.6 is 22.6 Å². The van der Waals surface area contributed by atoms with Crippen molar-refractivity contribution in [3.05, 3.63) is 57.4 Å². The minimum Gasteiger partial charge on any atom is -0.494 e. The van der Waals surface area contributed by atoms with Crippen molar-refractivity contribution < 1.29 is 23.5 Å². The van der Waals surface area contributed by atoms with Gasteiger partial charge in [0, 0.05) is 9.13 Å². The van der Waals surface area contributed by atoms with E-state index < -0.39 is 23.7 Å². The lowest BCUT2D eigenvalue weighted by Gasteiger charge is -2.15. The molecule has 1 atom stereocenters. The number of ether oxygens (including phenoxy) is 2. The van der Waals surface area contributed by atoms with Crippen molar-refractivity contribution in [1.82, 2.24) is 10.9 Å². The van der Waals surface area contributed by atoms with Crippen molar-refractivity contribution in [1.29, 1.82) is 0 Å². The quantitative estimate of drug-likeness (QED) is 0.501. The van der Waals surface area contributed by atoms with Gasteiger partial charge < -0.3 is 9.47 Å². The van der Waals surface area contributed by atoms with Gasteiger partial charge in [-0.2, -0.15) is 0 Å². The molecule has 2 amide bonds. The molecule has 0 spiro atoms. The predicted molar refractivity (Wildman–Crippen MR) is 102 cm³/mol. The zero-order valence-electron chi connectivity index (χ0n) is 14.2. The first-order valence-corrected chi connectivity index (χ1v) is 8.93. The summed E-state index contributed by atoms with van der Waals surface area (Å²) in [5, 5.41) is 0. The van der Waals surface area contributed by atoms with Gasteiger partial charge >= 0.3 is 0 Å². The molecule has 0 radical (unpaired) electrons. The van der Waals surface area contributed by atoms with Crippen molar-refractivity contribution in [2.45, 2.75) is 20.0 Å². The van der Waals surface area contributed by atoms with Crippen LogP contribution in [0.15, 0.2) is 42.5 Å². The molecule has 0 aliphatic heterocycles. The Morgan fingerprint density at radius 3 is 2.38 bits per heavy atom. The number of rotatable bonds is 6. The Balaban J connectivity index is 1.86. The van der Waals surface area contributed by atoms with Gasteiger partial charge in [0.2, 0.25) is 0 Å². The molecule has 0 aromatic heterocycles. The first kappa shape index (κ1) is 20.0. The van der Waals surface area contributed by atoms with E-state index in [4.69, 9.17) is 9.47 Å². The van der Waals surface area contributed by atoms with Crippen LogP contribution in [0.3, 0.4) is 0 Å². The Morgan fingerprint density at radius 1 is 1.12 bits per heavy atom. The number of carbonyl (C=O) groups excluding carboxylic acids is 2. The number of nitrogens with one attached hydrogen (secondary N) is 2. The molecular formula is C18H18FIN2O4. The highest BCUT2D eigenvalue weighted by molar-refractivity contribution is 14.1. The molecule has 26 heavy (non-hydrogen) atoms. The molecule has 1 unspecified atom stereocenters. The lowest BCUT2D eigenvalue weighted by molar-refractivity contribution is -0.128. The Kier molecular flexibility index (Phi) is 7.19. The molecular weight excluding hydrogens is 454 g/mol. The minimum absolute atomic E-state index is 0.100. The van der Waals surface area contributed by atoms with Crippen LogP contribution < -0.4 is 20.3 Å². The summed E-state index contributed by atoms with van der Waals surface area (Å²) < 4.78 is 24.7. The number of hydrogen-bond acceptors (Lipinski definition) is 4. The topological polar surface area (TPSA) is 76.7 Å². The monoisotopic (exact) mass is 472 g/mol. The van der Waals surface area contributed by atoms with Gasteiger partial charge in [0.15, 0.2) is 6.10 Å². The maximum absolute atomic E-state index is 13.5. The number of amides is 2. The predicted octanol–water partition coefficient (Wildman–Crippen LogP) is 3.06. The average molecular weight is 472 g/mol. The van der Waals surface area contributed by atoms with E-state index >= 15 is 0 Å². The number of hydrogen-bond donors (Lipinski definition) is 2. The number of hydrazine groups is 1. The van der Waals surface area contributed by atoms with Gasteiger partial charge in [-0.3, -0.25) is 20.4 Å². The first-order valence-electron chi connectivity index (χ1n) is 7.85. The fourth-order valence-electron chi connectivity index (χ4n) is 1.97. The molecule has 0 aliphatic rings. The van der Waals surface area contributed by atoms with Gasteiger partial charge in [-0.1, -0.05) is 0 Å². The van der Waals surface area contributed by atoms with Crippen molar-refractivity contribution >= 4 is 34.4 Å². The van der Waals surface area contributed by atoms with Crippen LogP contribution in [0.5, 0.6) is 11.5 Å². The summed E-state index contributed by atoms with van der Waals surface area (Å²) in [5.41, 5.74) is 4.58. The zero-order chi connectivity index (χ0) is 19.1. The fraction of sp³-hybridized carbons (Fsp3) is 0.222. The molecule has 0 fully saturated rings. The van der Waals surface area contributed by atoms with E-state index in [2.05, 4.69) is 10.9 Å².